The number of fused-ring (bicyclic) bond motifs is 1. The van der Waals surface area contributed by atoms with Crippen molar-refractivity contribution in [3.8, 4) is 11.5 Å². The van der Waals surface area contributed by atoms with Gasteiger partial charge in [0.2, 0.25) is 0 Å². The number of halogens is 1. The molecule has 2 N–H and O–H groups in total. The normalized spacial score (nSPS) is 14.9. The van der Waals surface area contributed by atoms with Gasteiger partial charge < -0.3 is 19.8 Å². The average molecular weight is 382 g/mol. The first kappa shape index (κ1) is 18.8. The highest BCUT2D eigenvalue weighted by Crippen LogP contribution is 2.32. The lowest BCUT2D eigenvalue weighted by molar-refractivity contribution is 0.257. The Bertz CT molecular complexity index is 920. The van der Waals surface area contributed by atoms with Crippen LogP contribution in [-0.2, 0) is 6.42 Å². The number of ether oxygens (including phenoxy) is 2. The van der Waals surface area contributed by atoms with Crippen molar-refractivity contribution in [3.05, 3.63) is 60.0 Å². The zero-order valence-electron chi connectivity index (χ0n) is 16.2. The Kier molecular flexibility index (Phi) is 5.81. The van der Waals surface area contributed by atoms with Crippen LogP contribution in [-0.4, -0.2) is 30.8 Å². The van der Waals surface area contributed by atoms with Crippen LogP contribution in [0, 0.1) is 11.9 Å². The van der Waals surface area contributed by atoms with Crippen LogP contribution in [0.15, 0.2) is 48.5 Å². The molecule has 1 heterocycles. The number of hydrogen-bond donors (Lipinski definition) is 2. The summed E-state index contributed by atoms with van der Waals surface area (Å²) in [5.41, 5.74) is 1.57. The molecule has 28 heavy (non-hydrogen) atoms. The van der Waals surface area contributed by atoms with Crippen molar-refractivity contribution in [1.82, 2.24) is 10.3 Å². The maximum Gasteiger partial charge on any atom is 0.195 e. The molecule has 1 atom stereocenters. The first-order valence-corrected chi connectivity index (χ1v) is 10.0. The summed E-state index contributed by atoms with van der Waals surface area (Å²) in [7, 11) is 0. The van der Waals surface area contributed by atoms with Crippen LogP contribution in [0.2, 0.25) is 0 Å². The lowest BCUT2D eigenvalue weighted by atomic mass is 10.1. The molecule has 4 rings (SSSR count). The van der Waals surface area contributed by atoms with E-state index in [9.17, 15) is 4.39 Å². The predicted octanol–water partition coefficient (Wildman–Crippen LogP) is 4.70. The molecule has 0 amide bonds. The second-order valence-corrected chi connectivity index (χ2v) is 7.57. The summed E-state index contributed by atoms with van der Waals surface area (Å²) < 4.78 is 26.0. The summed E-state index contributed by atoms with van der Waals surface area (Å²) in [6.07, 6.45) is 3.15. The fraction of sp³-hybridized carbons (Fsp3) is 0.391. The molecule has 3 aromatic rings. The van der Waals surface area contributed by atoms with E-state index in [1.165, 1.54) is 12.8 Å². The largest absolute Gasteiger partial charge is 0.489 e. The van der Waals surface area contributed by atoms with Gasteiger partial charge in [-0.25, -0.2) is 0 Å². The Morgan fingerprint density at radius 2 is 1.79 bits per heavy atom. The fourth-order valence-electron chi connectivity index (χ4n) is 3.39. The zero-order valence-corrected chi connectivity index (χ0v) is 16.2. The Hall–Kier alpha value is -2.53. The second-order valence-electron chi connectivity index (χ2n) is 7.57. The van der Waals surface area contributed by atoms with Gasteiger partial charge in [-0.05, 0) is 50.3 Å². The highest BCUT2D eigenvalue weighted by atomic mass is 19.1. The molecule has 0 bridgehead atoms. The highest BCUT2D eigenvalue weighted by molar-refractivity contribution is 5.83. The number of hydrogen-bond acceptors (Lipinski definition) is 3. The third kappa shape index (κ3) is 4.65. The fourth-order valence-corrected chi connectivity index (χ4v) is 3.39. The first-order valence-electron chi connectivity index (χ1n) is 10.0. The van der Waals surface area contributed by atoms with E-state index in [-0.39, 0.29) is 12.0 Å². The molecule has 1 unspecified atom stereocenters. The summed E-state index contributed by atoms with van der Waals surface area (Å²) in [6.45, 7) is 4.05. The molecule has 1 aromatic heterocycles. The van der Waals surface area contributed by atoms with Gasteiger partial charge in [0.25, 0.3) is 0 Å². The van der Waals surface area contributed by atoms with E-state index < -0.39 is 0 Å². The molecule has 1 saturated carbocycles. The smallest absolute Gasteiger partial charge is 0.195 e. The van der Waals surface area contributed by atoms with Gasteiger partial charge in [-0.2, -0.15) is 4.39 Å². The van der Waals surface area contributed by atoms with Gasteiger partial charge >= 0.3 is 0 Å². The van der Waals surface area contributed by atoms with E-state index in [0.29, 0.717) is 25.5 Å². The van der Waals surface area contributed by atoms with E-state index in [1.54, 1.807) is 0 Å². The quantitative estimate of drug-likeness (QED) is 0.500. The minimum Gasteiger partial charge on any atom is -0.489 e. The van der Waals surface area contributed by atoms with E-state index in [1.807, 2.05) is 48.5 Å². The van der Waals surface area contributed by atoms with Crippen molar-refractivity contribution in [3.63, 3.8) is 0 Å². The number of nitrogens with one attached hydrogen (secondary N) is 2. The van der Waals surface area contributed by atoms with Gasteiger partial charge in [0.15, 0.2) is 17.4 Å². The molecule has 5 heteroatoms. The van der Waals surface area contributed by atoms with Gasteiger partial charge in [-0.1, -0.05) is 30.3 Å². The molecule has 0 spiro atoms. The van der Waals surface area contributed by atoms with E-state index in [2.05, 4.69) is 17.2 Å². The van der Waals surface area contributed by atoms with E-state index >= 15 is 0 Å². The molecular formula is C23H27FN2O2. The Labute approximate surface area is 165 Å². The monoisotopic (exact) mass is 382 g/mol. The summed E-state index contributed by atoms with van der Waals surface area (Å²) >= 11 is 0. The van der Waals surface area contributed by atoms with Crippen molar-refractivity contribution in [2.75, 3.05) is 19.8 Å². The van der Waals surface area contributed by atoms with Crippen LogP contribution in [0.25, 0.3) is 10.9 Å². The van der Waals surface area contributed by atoms with Crippen molar-refractivity contribution < 1.29 is 13.9 Å². The molecular weight excluding hydrogens is 355 g/mol. The second kappa shape index (κ2) is 8.65. The Morgan fingerprint density at radius 1 is 1.07 bits per heavy atom. The average Bonchev–Trinajstić information content (AvgIpc) is 3.48. The van der Waals surface area contributed by atoms with Crippen molar-refractivity contribution in [2.24, 2.45) is 5.92 Å². The molecule has 0 radical (unpaired) electrons. The number of aromatic amines is 1. The Balaban J connectivity index is 1.25. The summed E-state index contributed by atoms with van der Waals surface area (Å²) in [6, 6.07) is 15.6. The standard InChI is InChI=1S/C23H27FN2O2/c1-16(14-19-18-6-2-3-7-20(18)26-23(19)24)25-12-13-27-21-8-4-5-9-22(21)28-15-17-10-11-17/h2-9,16-17,25-26H,10-15H2,1H3. The lowest BCUT2D eigenvalue weighted by Gasteiger charge is -2.15. The SMILES string of the molecule is CC(Cc1c(F)[nH]c2ccccc12)NCCOc1ccccc1OCC1CC1. The molecule has 2 aromatic carbocycles. The maximum atomic E-state index is 14.2. The van der Waals surface area contributed by atoms with Gasteiger partial charge in [0.05, 0.1) is 6.61 Å². The van der Waals surface area contributed by atoms with Gasteiger partial charge in [-0.15, -0.1) is 0 Å². The number of aromatic nitrogens is 1. The molecule has 0 saturated heterocycles. The summed E-state index contributed by atoms with van der Waals surface area (Å²) in [5.74, 6) is 2.05. The number of H-pyrrole nitrogens is 1. The molecule has 148 valence electrons. The van der Waals surface area contributed by atoms with Gasteiger partial charge in [-0.3, -0.25) is 0 Å². The van der Waals surface area contributed by atoms with Crippen molar-refractivity contribution in [1.29, 1.82) is 0 Å². The molecule has 1 fully saturated rings. The van der Waals surface area contributed by atoms with Crippen molar-refractivity contribution in [2.45, 2.75) is 32.2 Å². The topological polar surface area (TPSA) is 46.3 Å². The molecule has 0 aliphatic heterocycles. The van der Waals surface area contributed by atoms with E-state index in [4.69, 9.17) is 9.47 Å². The molecule has 1 aliphatic carbocycles. The minimum absolute atomic E-state index is 0.138. The third-order valence-corrected chi connectivity index (χ3v) is 5.14. The number of rotatable bonds is 10. The van der Waals surface area contributed by atoms with Crippen LogP contribution < -0.4 is 14.8 Å². The Morgan fingerprint density at radius 3 is 2.57 bits per heavy atom. The molecule has 1 aliphatic rings. The highest BCUT2D eigenvalue weighted by Gasteiger charge is 2.22. The summed E-state index contributed by atoms with van der Waals surface area (Å²) in [4.78, 5) is 2.82. The number of benzene rings is 2. The maximum absolute atomic E-state index is 14.2. The predicted molar refractivity (Wildman–Crippen MR) is 110 cm³/mol. The molecule has 4 nitrogen and oxygen atoms in total. The van der Waals surface area contributed by atoms with Crippen LogP contribution in [0.4, 0.5) is 4.39 Å². The summed E-state index contributed by atoms with van der Waals surface area (Å²) in [5, 5.41) is 4.37. The minimum atomic E-state index is -0.243. The zero-order chi connectivity index (χ0) is 19.3. The lowest BCUT2D eigenvalue weighted by Crippen LogP contribution is -2.32. The van der Waals surface area contributed by atoms with E-state index in [0.717, 1.165) is 34.6 Å². The van der Waals surface area contributed by atoms with Crippen LogP contribution in [0.5, 0.6) is 11.5 Å². The van der Waals surface area contributed by atoms with Crippen LogP contribution in [0.3, 0.4) is 0 Å². The van der Waals surface area contributed by atoms with Crippen LogP contribution in [0.1, 0.15) is 25.3 Å². The van der Waals surface area contributed by atoms with Gasteiger partial charge in [0.1, 0.15) is 6.61 Å². The third-order valence-electron chi connectivity index (χ3n) is 5.14. The van der Waals surface area contributed by atoms with Crippen LogP contribution >= 0.6 is 0 Å². The number of para-hydroxylation sites is 3. The first-order chi connectivity index (χ1) is 13.7. The van der Waals surface area contributed by atoms with Crippen molar-refractivity contribution >= 4 is 10.9 Å². The van der Waals surface area contributed by atoms with Gasteiger partial charge in [0, 0.05) is 29.1 Å².